The SMILES string of the molecule is CCSc1ncn(C(=O)N(CC)CCC(C)C)n1. The van der Waals surface area contributed by atoms with Crippen LogP contribution in [0.2, 0.25) is 0 Å². The molecule has 102 valence electrons. The lowest BCUT2D eigenvalue weighted by molar-refractivity contribution is 0.195. The van der Waals surface area contributed by atoms with Crippen molar-refractivity contribution in [2.45, 2.75) is 39.3 Å². The van der Waals surface area contributed by atoms with Gasteiger partial charge in [0.05, 0.1) is 0 Å². The molecule has 0 aliphatic carbocycles. The molecule has 0 saturated carbocycles. The van der Waals surface area contributed by atoms with Crippen molar-refractivity contribution >= 4 is 17.8 Å². The molecule has 0 bridgehead atoms. The largest absolute Gasteiger partial charge is 0.346 e. The van der Waals surface area contributed by atoms with E-state index in [1.54, 1.807) is 4.90 Å². The number of hydrogen-bond donors (Lipinski definition) is 0. The van der Waals surface area contributed by atoms with Gasteiger partial charge in [-0.1, -0.05) is 32.5 Å². The number of aromatic nitrogens is 3. The van der Waals surface area contributed by atoms with Gasteiger partial charge in [-0.05, 0) is 25.0 Å². The quantitative estimate of drug-likeness (QED) is 0.746. The van der Waals surface area contributed by atoms with Gasteiger partial charge in [0.15, 0.2) is 0 Å². The Kier molecular flexibility index (Phi) is 6.18. The molecule has 1 aromatic rings. The molecule has 0 atom stereocenters. The zero-order valence-electron chi connectivity index (χ0n) is 11.6. The van der Waals surface area contributed by atoms with Crippen molar-refractivity contribution in [3.05, 3.63) is 6.33 Å². The molecule has 0 spiro atoms. The Morgan fingerprint density at radius 3 is 2.78 bits per heavy atom. The van der Waals surface area contributed by atoms with Gasteiger partial charge in [-0.2, -0.15) is 4.68 Å². The van der Waals surface area contributed by atoms with Crippen molar-refractivity contribution in [2.75, 3.05) is 18.8 Å². The van der Waals surface area contributed by atoms with Gasteiger partial charge in [0.25, 0.3) is 0 Å². The zero-order chi connectivity index (χ0) is 13.5. The minimum absolute atomic E-state index is 0.0893. The van der Waals surface area contributed by atoms with E-state index < -0.39 is 0 Å². The van der Waals surface area contributed by atoms with Crippen LogP contribution in [-0.2, 0) is 0 Å². The Balaban J connectivity index is 2.64. The standard InChI is InChI=1S/C12H22N4OS/c1-5-15(8-7-10(3)4)12(17)16-9-13-11(14-16)18-6-2/h9-10H,5-8H2,1-4H3. The van der Waals surface area contributed by atoms with Crippen LogP contribution >= 0.6 is 11.8 Å². The van der Waals surface area contributed by atoms with Gasteiger partial charge >= 0.3 is 6.03 Å². The van der Waals surface area contributed by atoms with Gasteiger partial charge in [-0.25, -0.2) is 9.78 Å². The molecule has 6 heteroatoms. The minimum Gasteiger partial charge on any atom is -0.323 e. The Hall–Kier alpha value is -1.04. The van der Waals surface area contributed by atoms with E-state index >= 15 is 0 Å². The van der Waals surface area contributed by atoms with Gasteiger partial charge in [0.2, 0.25) is 5.16 Å². The van der Waals surface area contributed by atoms with Crippen LogP contribution in [0.25, 0.3) is 0 Å². The summed E-state index contributed by atoms with van der Waals surface area (Å²) in [4.78, 5) is 18.1. The first-order valence-corrected chi connectivity index (χ1v) is 7.40. The van der Waals surface area contributed by atoms with Gasteiger partial charge in [0.1, 0.15) is 6.33 Å². The molecule has 0 saturated heterocycles. The van der Waals surface area contributed by atoms with Crippen molar-refractivity contribution in [3.63, 3.8) is 0 Å². The second-order valence-corrected chi connectivity index (χ2v) is 5.68. The van der Waals surface area contributed by atoms with Gasteiger partial charge in [-0.15, -0.1) is 5.10 Å². The first-order valence-electron chi connectivity index (χ1n) is 6.42. The average molecular weight is 270 g/mol. The highest BCUT2D eigenvalue weighted by atomic mass is 32.2. The van der Waals surface area contributed by atoms with E-state index in [1.807, 2.05) is 13.8 Å². The van der Waals surface area contributed by atoms with E-state index in [9.17, 15) is 4.79 Å². The van der Waals surface area contributed by atoms with E-state index in [0.717, 1.165) is 18.7 Å². The second kappa shape index (κ2) is 7.41. The number of rotatable bonds is 6. The monoisotopic (exact) mass is 270 g/mol. The summed E-state index contributed by atoms with van der Waals surface area (Å²) < 4.78 is 1.34. The molecule has 0 N–H and O–H groups in total. The van der Waals surface area contributed by atoms with Crippen molar-refractivity contribution in [2.24, 2.45) is 5.92 Å². The summed E-state index contributed by atoms with van der Waals surface area (Å²) in [5, 5.41) is 4.83. The fourth-order valence-corrected chi connectivity index (χ4v) is 2.01. The number of hydrogen-bond acceptors (Lipinski definition) is 4. The van der Waals surface area contributed by atoms with E-state index in [0.29, 0.717) is 17.6 Å². The maximum atomic E-state index is 12.2. The second-order valence-electron chi connectivity index (χ2n) is 4.45. The molecule has 1 heterocycles. The molecule has 0 radical (unpaired) electrons. The highest BCUT2D eigenvalue weighted by Crippen LogP contribution is 2.11. The molecule has 0 fully saturated rings. The van der Waals surface area contributed by atoms with Crippen molar-refractivity contribution in [1.29, 1.82) is 0 Å². The molecule has 1 amide bonds. The van der Waals surface area contributed by atoms with Crippen molar-refractivity contribution in [1.82, 2.24) is 19.7 Å². The lowest BCUT2D eigenvalue weighted by Crippen LogP contribution is -2.36. The van der Waals surface area contributed by atoms with Crippen LogP contribution in [0, 0.1) is 5.92 Å². The lowest BCUT2D eigenvalue weighted by atomic mass is 10.1. The first-order chi connectivity index (χ1) is 8.58. The fourth-order valence-electron chi connectivity index (χ4n) is 1.48. The van der Waals surface area contributed by atoms with Crippen molar-refractivity contribution in [3.8, 4) is 0 Å². The number of nitrogens with zero attached hydrogens (tertiary/aromatic N) is 4. The number of carbonyl (C=O) groups is 1. The first kappa shape index (κ1) is 15.0. The van der Waals surface area contributed by atoms with E-state index in [-0.39, 0.29) is 6.03 Å². The topological polar surface area (TPSA) is 51.0 Å². The van der Waals surface area contributed by atoms with Gasteiger partial charge in [-0.3, -0.25) is 0 Å². The summed E-state index contributed by atoms with van der Waals surface area (Å²) in [7, 11) is 0. The third kappa shape index (κ3) is 4.33. The molecule has 1 rings (SSSR count). The minimum atomic E-state index is -0.0893. The Bertz CT molecular complexity index is 378. The van der Waals surface area contributed by atoms with Crippen LogP contribution in [0.5, 0.6) is 0 Å². The van der Waals surface area contributed by atoms with Crippen LogP contribution < -0.4 is 0 Å². The third-order valence-corrected chi connectivity index (χ3v) is 3.30. The smallest absolute Gasteiger partial charge is 0.323 e. The van der Waals surface area contributed by atoms with Crippen molar-refractivity contribution < 1.29 is 4.79 Å². The number of thioether (sulfide) groups is 1. The van der Waals surface area contributed by atoms with Crippen LogP contribution in [0.3, 0.4) is 0 Å². The van der Waals surface area contributed by atoms with Crippen LogP contribution in [-0.4, -0.2) is 44.5 Å². The highest BCUT2D eigenvalue weighted by molar-refractivity contribution is 7.99. The summed E-state index contributed by atoms with van der Waals surface area (Å²) in [5.41, 5.74) is 0. The maximum Gasteiger partial charge on any atom is 0.346 e. The number of amides is 1. The molecule has 5 nitrogen and oxygen atoms in total. The van der Waals surface area contributed by atoms with Crippen LogP contribution in [0.4, 0.5) is 4.79 Å². The Labute approximate surface area is 113 Å². The third-order valence-electron chi connectivity index (χ3n) is 2.57. The molecule has 1 aromatic heterocycles. The maximum absolute atomic E-state index is 12.2. The predicted octanol–water partition coefficient (Wildman–Crippen LogP) is 2.73. The fraction of sp³-hybridized carbons (Fsp3) is 0.750. The Morgan fingerprint density at radius 1 is 1.50 bits per heavy atom. The molecular formula is C12H22N4OS. The number of carbonyl (C=O) groups excluding carboxylic acids is 1. The van der Waals surface area contributed by atoms with Gasteiger partial charge < -0.3 is 4.90 Å². The summed E-state index contributed by atoms with van der Waals surface area (Å²) in [6.07, 6.45) is 2.50. The molecule has 0 aliphatic heterocycles. The highest BCUT2D eigenvalue weighted by Gasteiger charge is 2.15. The molecule has 18 heavy (non-hydrogen) atoms. The summed E-state index contributed by atoms with van der Waals surface area (Å²) in [6.45, 7) is 9.80. The van der Waals surface area contributed by atoms with Crippen LogP contribution in [0.15, 0.2) is 11.5 Å². The van der Waals surface area contributed by atoms with Gasteiger partial charge in [0, 0.05) is 13.1 Å². The van der Waals surface area contributed by atoms with E-state index in [2.05, 4.69) is 23.9 Å². The van der Waals surface area contributed by atoms with Crippen LogP contribution in [0.1, 0.15) is 34.1 Å². The summed E-state index contributed by atoms with van der Waals surface area (Å²) >= 11 is 1.54. The molecule has 0 aliphatic rings. The normalized spacial score (nSPS) is 10.9. The lowest BCUT2D eigenvalue weighted by Gasteiger charge is -2.20. The Morgan fingerprint density at radius 2 is 2.22 bits per heavy atom. The molecule has 0 unspecified atom stereocenters. The molecule has 0 aromatic carbocycles. The zero-order valence-corrected chi connectivity index (χ0v) is 12.4. The van der Waals surface area contributed by atoms with E-state index in [4.69, 9.17) is 0 Å². The summed E-state index contributed by atoms with van der Waals surface area (Å²) in [6, 6.07) is -0.0893. The van der Waals surface area contributed by atoms with E-state index in [1.165, 1.54) is 22.8 Å². The average Bonchev–Trinajstić information content (AvgIpc) is 2.78. The predicted molar refractivity (Wildman–Crippen MR) is 73.9 cm³/mol. The molecular weight excluding hydrogens is 248 g/mol. The summed E-state index contributed by atoms with van der Waals surface area (Å²) in [5.74, 6) is 1.50.